The third-order valence-corrected chi connectivity index (χ3v) is 4.78. The van der Waals surface area contributed by atoms with Gasteiger partial charge in [-0.2, -0.15) is 5.10 Å². The van der Waals surface area contributed by atoms with Crippen molar-refractivity contribution >= 4 is 5.91 Å². The number of amides is 1. The summed E-state index contributed by atoms with van der Waals surface area (Å²) in [6.07, 6.45) is 7.36. The van der Waals surface area contributed by atoms with Crippen LogP contribution in [0.15, 0.2) is 18.6 Å². The lowest BCUT2D eigenvalue weighted by Crippen LogP contribution is -2.39. The number of carbonyl (C=O) groups excluding carboxylic acids is 1. The maximum Gasteiger partial charge on any atom is 0.257 e. The third-order valence-electron chi connectivity index (χ3n) is 4.78. The second-order valence-electron chi connectivity index (χ2n) is 8.16. The minimum absolute atomic E-state index is 0.00545. The van der Waals surface area contributed by atoms with Gasteiger partial charge in [0.05, 0.1) is 23.5 Å². The summed E-state index contributed by atoms with van der Waals surface area (Å²) in [5.74, 6) is 0.0688. The van der Waals surface area contributed by atoms with Gasteiger partial charge in [-0.05, 0) is 26.7 Å². The fraction of sp³-hybridized carbons (Fsp3) is 0.667. The van der Waals surface area contributed by atoms with Gasteiger partial charge in [0.2, 0.25) is 0 Å². The largest absolute Gasteiger partial charge is 0.338 e. The molecule has 3 rings (SSSR count). The second kappa shape index (κ2) is 6.61. The highest BCUT2D eigenvalue weighted by atomic mass is 16.2. The lowest BCUT2D eigenvalue weighted by atomic mass is 9.93. The Morgan fingerprint density at radius 2 is 1.88 bits per heavy atom. The number of rotatable bonds is 3. The first-order valence-corrected chi connectivity index (χ1v) is 9.01. The van der Waals surface area contributed by atoms with Crippen LogP contribution < -0.4 is 0 Å². The van der Waals surface area contributed by atoms with E-state index in [0.29, 0.717) is 11.6 Å². The molecule has 2 aromatic rings. The average molecular weight is 344 g/mol. The summed E-state index contributed by atoms with van der Waals surface area (Å²) in [6.45, 7) is 12.0. The van der Waals surface area contributed by atoms with Crippen LogP contribution in [0.2, 0.25) is 0 Å². The van der Waals surface area contributed by atoms with E-state index in [1.54, 1.807) is 6.20 Å². The van der Waals surface area contributed by atoms with Crippen molar-refractivity contribution in [1.29, 1.82) is 0 Å². The molecule has 1 aliphatic rings. The fourth-order valence-corrected chi connectivity index (χ4v) is 3.05. The van der Waals surface area contributed by atoms with Crippen LogP contribution in [-0.2, 0) is 5.41 Å². The van der Waals surface area contributed by atoms with Gasteiger partial charge < -0.3 is 4.90 Å². The molecule has 1 aliphatic heterocycles. The van der Waals surface area contributed by atoms with Crippen LogP contribution in [0.25, 0.3) is 0 Å². The summed E-state index contributed by atoms with van der Waals surface area (Å²) in [7, 11) is 0. The Hall–Kier alpha value is -2.18. The molecule has 7 nitrogen and oxygen atoms in total. The van der Waals surface area contributed by atoms with E-state index in [1.165, 1.54) is 0 Å². The maximum atomic E-state index is 12.7. The van der Waals surface area contributed by atoms with Crippen molar-refractivity contribution in [3.05, 3.63) is 29.8 Å². The zero-order valence-electron chi connectivity index (χ0n) is 15.8. The van der Waals surface area contributed by atoms with Gasteiger partial charge in [-0.1, -0.05) is 26.0 Å². The Morgan fingerprint density at radius 1 is 1.20 bits per heavy atom. The topological polar surface area (TPSA) is 68.8 Å². The molecular formula is C18H28N6O. The van der Waals surface area contributed by atoms with E-state index in [1.807, 2.05) is 20.5 Å². The Bertz CT molecular complexity index is 731. The summed E-state index contributed by atoms with van der Waals surface area (Å²) >= 11 is 0. The molecule has 136 valence electrons. The fourth-order valence-electron chi connectivity index (χ4n) is 3.05. The van der Waals surface area contributed by atoms with Crippen molar-refractivity contribution in [2.75, 3.05) is 13.1 Å². The lowest BCUT2D eigenvalue weighted by molar-refractivity contribution is 0.0689. The Morgan fingerprint density at radius 3 is 2.40 bits per heavy atom. The van der Waals surface area contributed by atoms with Crippen LogP contribution in [0.4, 0.5) is 0 Å². The minimum Gasteiger partial charge on any atom is -0.338 e. The second-order valence-corrected chi connectivity index (χ2v) is 8.16. The van der Waals surface area contributed by atoms with Crippen LogP contribution in [0.1, 0.15) is 75.6 Å². The highest BCUT2D eigenvalue weighted by molar-refractivity contribution is 5.93. The van der Waals surface area contributed by atoms with E-state index in [4.69, 9.17) is 0 Å². The summed E-state index contributed by atoms with van der Waals surface area (Å²) in [6, 6.07) is 0.572. The van der Waals surface area contributed by atoms with Crippen LogP contribution in [-0.4, -0.2) is 48.7 Å². The molecule has 0 spiro atoms. The van der Waals surface area contributed by atoms with Crippen molar-refractivity contribution < 1.29 is 4.79 Å². The number of nitrogens with zero attached hydrogens (tertiary/aromatic N) is 6. The first kappa shape index (κ1) is 17.6. The Labute approximate surface area is 149 Å². The van der Waals surface area contributed by atoms with E-state index in [0.717, 1.165) is 31.6 Å². The van der Waals surface area contributed by atoms with Crippen LogP contribution >= 0.6 is 0 Å². The van der Waals surface area contributed by atoms with Crippen molar-refractivity contribution in [2.24, 2.45) is 0 Å². The molecule has 0 aromatic carbocycles. The van der Waals surface area contributed by atoms with Crippen LogP contribution in [0.3, 0.4) is 0 Å². The van der Waals surface area contributed by atoms with Crippen molar-refractivity contribution in [2.45, 2.75) is 65.0 Å². The average Bonchev–Trinajstić information content (AvgIpc) is 3.23. The summed E-state index contributed by atoms with van der Waals surface area (Å²) in [5, 5.41) is 12.9. The first-order valence-electron chi connectivity index (χ1n) is 9.01. The van der Waals surface area contributed by atoms with Crippen LogP contribution in [0.5, 0.6) is 0 Å². The van der Waals surface area contributed by atoms with Crippen molar-refractivity contribution in [1.82, 2.24) is 29.7 Å². The summed E-state index contributed by atoms with van der Waals surface area (Å²) < 4.78 is 3.79. The highest BCUT2D eigenvalue weighted by Crippen LogP contribution is 2.25. The number of hydrogen-bond donors (Lipinski definition) is 0. The molecule has 0 aliphatic carbocycles. The smallest absolute Gasteiger partial charge is 0.257 e. The molecule has 1 amide bonds. The molecule has 1 fully saturated rings. The van der Waals surface area contributed by atoms with Gasteiger partial charge in [0, 0.05) is 36.9 Å². The summed E-state index contributed by atoms with van der Waals surface area (Å²) in [4.78, 5) is 14.6. The van der Waals surface area contributed by atoms with Gasteiger partial charge in [0.1, 0.15) is 0 Å². The number of likely N-dealkylation sites (tertiary alicyclic amines) is 1. The lowest BCUT2D eigenvalue weighted by Gasteiger charge is -2.31. The molecule has 25 heavy (non-hydrogen) atoms. The van der Waals surface area contributed by atoms with Gasteiger partial charge in [-0.25, -0.2) is 4.68 Å². The maximum absolute atomic E-state index is 12.7. The van der Waals surface area contributed by atoms with Crippen molar-refractivity contribution in [3.63, 3.8) is 0 Å². The molecule has 0 unspecified atom stereocenters. The quantitative estimate of drug-likeness (QED) is 0.858. The molecule has 3 heterocycles. The third kappa shape index (κ3) is 3.75. The summed E-state index contributed by atoms with van der Waals surface area (Å²) in [5.41, 5.74) is 1.68. The molecule has 0 saturated carbocycles. The molecular weight excluding hydrogens is 316 g/mol. The van der Waals surface area contributed by atoms with E-state index in [9.17, 15) is 4.79 Å². The number of hydrogen-bond acceptors (Lipinski definition) is 4. The SMILES string of the molecule is CC(C)n1cc(C(=O)N2CCC(n3cc(C(C)(C)C)nn3)CC2)cn1. The van der Waals surface area contributed by atoms with Gasteiger partial charge in [0.25, 0.3) is 5.91 Å². The monoisotopic (exact) mass is 344 g/mol. The standard InChI is InChI=1S/C18H28N6O/c1-13(2)23-11-14(10-19-23)17(25)22-8-6-15(7-9-22)24-12-16(20-21-24)18(3,4)5/h10-13,15H,6-9H2,1-5H3. The highest BCUT2D eigenvalue weighted by Gasteiger charge is 2.27. The molecule has 2 aromatic heterocycles. The van der Waals surface area contributed by atoms with Gasteiger partial charge >= 0.3 is 0 Å². The molecule has 0 bridgehead atoms. The number of carbonyl (C=O) groups is 1. The van der Waals surface area contributed by atoms with Crippen molar-refractivity contribution in [3.8, 4) is 0 Å². The number of piperidine rings is 1. The number of aromatic nitrogens is 5. The predicted molar refractivity (Wildman–Crippen MR) is 95.5 cm³/mol. The molecule has 7 heteroatoms. The van der Waals surface area contributed by atoms with Gasteiger partial charge in [-0.15, -0.1) is 5.10 Å². The zero-order chi connectivity index (χ0) is 18.2. The van der Waals surface area contributed by atoms with Crippen LogP contribution in [0, 0.1) is 0 Å². The molecule has 1 saturated heterocycles. The van der Waals surface area contributed by atoms with Gasteiger partial charge in [0.15, 0.2) is 0 Å². The normalized spacial score (nSPS) is 16.6. The Balaban J connectivity index is 1.61. The molecule has 0 N–H and O–H groups in total. The van der Waals surface area contributed by atoms with E-state index >= 15 is 0 Å². The minimum atomic E-state index is 0.00545. The molecule has 0 atom stereocenters. The van der Waals surface area contributed by atoms with E-state index < -0.39 is 0 Å². The zero-order valence-corrected chi connectivity index (χ0v) is 15.8. The van der Waals surface area contributed by atoms with E-state index in [-0.39, 0.29) is 17.4 Å². The Kier molecular flexibility index (Phi) is 4.67. The van der Waals surface area contributed by atoms with Gasteiger partial charge in [-0.3, -0.25) is 9.48 Å². The first-order chi connectivity index (χ1) is 11.8. The molecule has 0 radical (unpaired) electrons. The predicted octanol–water partition coefficient (Wildman–Crippen LogP) is 2.83. The van der Waals surface area contributed by atoms with E-state index in [2.05, 4.69) is 56.2 Å².